The molecule has 0 N–H and O–H groups in total. The highest BCUT2D eigenvalue weighted by Crippen LogP contribution is 2.34. The molecule has 1 aromatic carbocycles. The number of carbonyl (C=O) groups is 2. The lowest BCUT2D eigenvalue weighted by Crippen LogP contribution is -2.39. The number of rotatable bonds is 8. The number of anilines is 1. The molecule has 6 nitrogen and oxygen atoms in total. The van der Waals surface area contributed by atoms with Crippen LogP contribution in [0.2, 0.25) is 0 Å². The highest BCUT2D eigenvalue weighted by molar-refractivity contribution is 6.01. The van der Waals surface area contributed by atoms with Gasteiger partial charge in [0.15, 0.2) is 0 Å². The molecule has 1 aliphatic heterocycles. The molecule has 0 bridgehead atoms. The Balaban J connectivity index is 1.71. The molecule has 0 saturated carbocycles. The van der Waals surface area contributed by atoms with Crippen LogP contribution in [-0.2, 0) is 16.0 Å². The lowest BCUT2D eigenvalue weighted by molar-refractivity contribution is -0.135. The van der Waals surface area contributed by atoms with Crippen molar-refractivity contribution >= 4 is 17.5 Å². The Morgan fingerprint density at radius 3 is 2.79 bits per heavy atom. The van der Waals surface area contributed by atoms with Gasteiger partial charge in [0.25, 0.3) is 0 Å². The molecular weight excluding hydrogens is 366 g/mol. The lowest BCUT2D eigenvalue weighted by Gasteiger charge is -2.25. The topological polar surface area (TPSA) is 62.7 Å². The van der Waals surface area contributed by atoms with E-state index < -0.39 is 0 Å². The molecule has 1 saturated heterocycles. The van der Waals surface area contributed by atoms with Crippen LogP contribution in [0.5, 0.6) is 5.75 Å². The number of hydrogen-bond acceptors (Lipinski definition) is 4. The molecule has 29 heavy (non-hydrogen) atoms. The van der Waals surface area contributed by atoms with Crippen molar-refractivity contribution in [1.29, 1.82) is 0 Å². The number of carbonyl (C=O) groups excluding carboxylic acids is 2. The minimum absolute atomic E-state index is 0.0339. The quantitative estimate of drug-likeness (QED) is 0.688. The van der Waals surface area contributed by atoms with Crippen LogP contribution in [-0.4, -0.2) is 48.4 Å². The number of pyridine rings is 1. The maximum atomic E-state index is 13.2. The van der Waals surface area contributed by atoms with Crippen molar-refractivity contribution in [3.8, 4) is 5.75 Å². The van der Waals surface area contributed by atoms with Gasteiger partial charge in [-0.15, -0.1) is 0 Å². The van der Waals surface area contributed by atoms with E-state index >= 15 is 0 Å². The highest BCUT2D eigenvalue weighted by Gasteiger charge is 2.38. The van der Waals surface area contributed by atoms with Crippen LogP contribution in [0, 0.1) is 12.8 Å². The van der Waals surface area contributed by atoms with Crippen molar-refractivity contribution < 1.29 is 14.3 Å². The normalized spacial score (nSPS) is 16.2. The molecule has 6 heteroatoms. The molecule has 0 aliphatic carbocycles. The number of benzene rings is 1. The molecule has 154 valence electrons. The number of methoxy groups -OCH3 is 1. The molecule has 0 radical (unpaired) electrons. The summed E-state index contributed by atoms with van der Waals surface area (Å²) in [7, 11) is 1.60. The van der Waals surface area contributed by atoms with Crippen LogP contribution in [0.1, 0.15) is 31.0 Å². The van der Waals surface area contributed by atoms with Gasteiger partial charge in [-0.05, 0) is 43.2 Å². The number of aromatic nitrogens is 1. The maximum absolute atomic E-state index is 13.2. The maximum Gasteiger partial charge on any atom is 0.228 e. The third-order valence-electron chi connectivity index (χ3n) is 5.27. The average molecular weight is 396 g/mol. The third kappa shape index (κ3) is 4.94. The Hall–Kier alpha value is -2.89. The first kappa shape index (κ1) is 20.8. The molecule has 1 aliphatic rings. The fourth-order valence-electron chi connectivity index (χ4n) is 3.77. The second-order valence-corrected chi connectivity index (χ2v) is 7.48. The SMILES string of the molecule is CCCN(CCc1ccccn1)C(=O)[C@H]1CC(=O)N(c2cc(C)ccc2OC)C1. The van der Waals surface area contributed by atoms with Crippen LogP contribution in [0.3, 0.4) is 0 Å². The minimum Gasteiger partial charge on any atom is -0.495 e. The highest BCUT2D eigenvalue weighted by atomic mass is 16.5. The van der Waals surface area contributed by atoms with Crippen LogP contribution in [0.4, 0.5) is 5.69 Å². The number of hydrogen-bond donors (Lipinski definition) is 0. The van der Waals surface area contributed by atoms with E-state index in [9.17, 15) is 9.59 Å². The molecule has 1 aromatic heterocycles. The second-order valence-electron chi connectivity index (χ2n) is 7.48. The largest absolute Gasteiger partial charge is 0.495 e. The number of aryl methyl sites for hydroxylation is 1. The summed E-state index contributed by atoms with van der Waals surface area (Å²) >= 11 is 0. The zero-order valence-corrected chi connectivity index (χ0v) is 17.4. The molecule has 0 spiro atoms. The standard InChI is InChI=1S/C23H29N3O3/c1-4-12-25(13-10-19-7-5-6-11-24-19)23(28)18-15-22(27)26(16-18)20-14-17(2)8-9-21(20)29-3/h5-9,11,14,18H,4,10,12-13,15-16H2,1-3H3/t18-/m0/s1. The van der Waals surface area contributed by atoms with E-state index in [1.807, 2.05) is 48.2 Å². The Bertz CT molecular complexity index is 854. The Morgan fingerprint density at radius 2 is 2.10 bits per heavy atom. The number of nitrogens with zero attached hydrogens (tertiary/aromatic N) is 3. The van der Waals surface area contributed by atoms with Crippen molar-refractivity contribution in [2.75, 3.05) is 31.6 Å². The van der Waals surface area contributed by atoms with Crippen molar-refractivity contribution in [2.45, 2.75) is 33.1 Å². The van der Waals surface area contributed by atoms with E-state index in [-0.39, 0.29) is 24.2 Å². The average Bonchev–Trinajstić information content (AvgIpc) is 3.12. The Kier molecular flexibility index (Phi) is 6.86. The number of ether oxygens (including phenoxy) is 1. The van der Waals surface area contributed by atoms with Crippen LogP contribution < -0.4 is 9.64 Å². The molecule has 1 atom stereocenters. The smallest absolute Gasteiger partial charge is 0.228 e. The summed E-state index contributed by atoms with van der Waals surface area (Å²) in [5.74, 6) is 0.333. The fraction of sp³-hybridized carbons (Fsp3) is 0.435. The molecular formula is C23H29N3O3. The van der Waals surface area contributed by atoms with Gasteiger partial charge in [-0.2, -0.15) is 0 Å². The van der Waals surface area contributed by atoms with Gasteiger partial charge in [0.2, 0.25) is 11.8 Å². The summed E-state index contributed by atoms with van der Waals surface area (Å²) in [6.45, 7) is 5.73. The van der Waals surface area contributed by atoms with E-state index in [4.69, 9.17) is 4.74 Å². The van der Waals surface area contributed by atoms with Gasteiger partial charge in [0.05, 0.1) is 18.7 Å². The Morgan fingerprint density at radius 1 is 1.28 bits per heavy atom. The first-order chi connectivity index (χ1) is 14.0. The summed E-state index contributed by atoms with van der Waals surface area (Å²) in [6, 6.07) is 11.6. The zero-order chi connectivity index (χ0) is 20.8. The summed E-state index contributed by atoms with van der Waals surface area (Å²) in [6.07, 6.45) is 3.59. The summed E-state index contributed by atoms with van der Waals surface area (Å²) in [4.78, 5) is 33.8. The Labute approximate surface area is 172 Å². The molecule has 2 aromatic rings. The summed E-state index contributed by atoms with van der Waals surface area (Å²) in [5.41, 5.74) is 2.75. The van der Waals surface area contributed by atoms with E-state index in [1.54, 1.807) is 18.2 Å². The predicted octanol–water partition coefficient (Wildman–Crippen LogP) is 3.23. The van der Waals surface area contributed by atoms with Crippen molar-refractivity contribution in [2.24, 2.45) is 5.92 Å². The van der Waals surface area contributed by atoms with Gasteiger partial charge in [-0.25, -0.2) is 0 Å². The van der Waals surface area contributed by atoms with Gasteiger partial charge >= 0.3 is 0 Å². The van der Waals surface area contributed by atoms with Crippen LogP contribution >= 0.6 is 0 Å². The number of amides is 2. The van der Waals surface area contributed by atoms with E-state index in [0.717, 1.165) is 23.4 Å². The van der Waals surface area contributed by atoms with Crippen molar-refractivity contribution in [3.63, 3.8) is 0 Å². The molecule has 2 heterocycles. The van der Waals surface area contributed by atoms with Gasteiger partial charge in [-0.3, -0.25) is 14.6 Å². The van der Waals surface area contributed by atoms with E-state index in [2.05, 4.69) is 11.9 Å². The lowest BCUT2D eigenvalue weighted by atomic mass is 10.1. The summed E-state index contributed by atoms with van der Waals surface area (Å²) < 4.78 is 5.43. The van der Waals surface area contributed by atoms with Crippen molar-refractivity contribution in [1.82, 2.24) is 9.88 Å². The first-order valence-corrected chi connectivity index (χ1v) is 10.2. The molecule has 0 unspecified atom stereocenters. The second kappa shape index (κ2) is 9.54. The van der Waals surface area contributed by atoms with Gasteiger partial charge in [-0.1, -0.05) is 19.1 Å². The summed E-state index contributed by atoms with van der Waals surface area (Å²) in [5, 5.41) is 0. The van der Waals surface area contributed by atoms with E-state index in [1.165, 1.54) is 0 Å². The minimum atomic E-state index is -0.331. The van der Waals surface area contributed by atoms with Crippen LogP contribution in [0.25, 0.3) is 0 Å². The predicted molar refractivity (Wildman–Crippen MR) is 113 cm³/mol. The van der Waals surface area contributed by atoms with E-state index in [0.29, 0.717) is 31.8 Å². The van der Waals surface area contributed by atoms with Gasteiger partial charge < -0.3 is 14.5 Å². The molecule has 3 rings (SSSR count). The third-order valence-corrected chi connectivity index (χ3v) is 5.27. The fourth-order valence-corrected chi connectivity index (χ4v) is 3.77. The first-order valence-electron chi connectivity index (χ1n) is 10.2. The van der Waals surface area contributed by atoms with Crippen LogP contribution in [0.15, 0.2) is 42.6 Å². The van der Waals surface area contributed by atoms with Gasteiger partial charge in [0.1, 0.15) is 5.75 Å². The molecule has 2 amide bonds. The zero-order valence-electron chi connectivity index (χ0n) is 17.4. The van der Waals surface area contributed by atoms with Gasteiger partial charge in [0, 0.05) is 44.4 Å². The monoisotopic (exact) mass is 395 g/mol. The molecule has 1 fully saturated rings. The van der Waals surface area contributed by atoms with Crippen molar-refractivity contribution in [3.05, 3.63) is 53.9 Å².